The van der Waals surface area contributed by atoms with Crippen LogP contribution in [0.4, 0.5) is 10.1 Å². The van der Waals surface area contributed by atoms with E-state index in [2.05, 4.69) is 12.2 Å². The molecule has 0 saturated carbocycles. The number of hydrogen-bond donors (Lipinski definition) is 2. The number of nitrogens with one attached hydrogen (secondary N) is 1. The first-order valence-corrected chi connectivity index (χ1v) is 9.60. The number of rotatable bonds is 5. The molecule has 2 unspecified atom stereocenters. The van der Waals surface area contributed by atoms with Crippen molar-refractivity contribution >= 4 is 17.5 Å². The molecule has 2 amide bonds. The van der Waals surface area contributed by atoms with Crippen molar-refractivity contribution in [2.45, 2.75) is 26.2 Å². The maximum atomic E-state index is 13.1. The Bertz CT molecular complexity index is 838. The number of halogens is 1. The van der Waals surface area contributed by atoms with E-state index < -0.39 is 0 Å². The van der Waals surface area contributed by atoms with E-state index in [0.29, 0.717) is 30.8 Å². The Morgan fingerprint density at radius 2 is 1.93 bits per heavy atom. The third-order valence-electron chi connectivity index (χ3n) is 5.37. The highest BCUT2D eigenvalue weighted by atomic mass is 19.1. The van der Waals surface area contributed by atoms with E-state index in [1.54, 1.807) is 23.1 Å². The van der Waals surface area contributed by atoms with Gasteiger partial charge < -0.3 is 15.3 Å². The summed E-state index contributed by atoms with van der Waals surface area (Å²) in [6.07, 6.45) is 2.00. The number of piperidine rings is 1. The van der Waals surface area contributed by atoms with Gasteiger partial charge >= 0.3 is 0 Å². The van der Waals surface area contributed by atoms with Crippen molar-refractivity contribution in [1.29, 1.82) is 0 Å². The Hall–Kier alpha value is -2.89. The molecule has 0 bridgehead atoms. The zero-order valence-electron chi connectivity index (χ0n) is 15.9. The van der Waals surface area contributed by atoms with Gasteiger partial charge in [0.2, 0.25) is 5.91 Å². The molecule has 1 fully saturated rings. The topological polar surface area (TPSA) is 69.6 Å². The first-order chi connectivity index (χ1) is 13.5. The van der Waals surface area contributed by atoms with Crippen molar-refractivity contribution in [3.05, 3.63) is 59.9 Å². The number of phenolic OH excluding ortho intramolecular Hbond substituents is 1. The zero-order chi connectivity index (χ0) is 20.1. The molecular weight excluding hydrogens is 359 g/mol. The van der Waals surface area contributed by atoms with E-state index in [9.17, 15) is 19.1 Å². The highest BCUT2D eigenvalue weighted by Gasteiger charge is 2.32. The van der Waals surface area contributed by atoms with Crippen LogP contribution in [0, 0.1) is 17.7 Å². The minimum Gasteiger partial charge on any atom is -0.508 e. The molecule has 6 heteroatoms. The van der Waals surface area contributed by atoms with Gasteiger partial charge in [0, 0.05) is 36.8 Å². The normalized spacial score (nSPS) is 19.3. The summed E-state index contributed by atoms with van der Waals surface area (Å²) in [5, 5.41) is 12.3. The Morgan fingerprint density at radius 3 is 2.61 bits per heavy atom. The molecule has 0 aliphatic carbocycles. The van der Waals surface area contributed by atoms with Crippen molar-refractivity contribution < 1.29 is 19.1 Å². The summed E-state index contributed by atoms with van der Waals surface area (Å²) in [5.74, 6) is -0.0163. The lowest BCUT2D eigenvalue weighted by atomic mass is 9.81. The minimum atomic E-state index is -0.362. The van der Waals surface area contributed by atoms with E-state index in [-0.39, 0.29) is 35.2 Å². The van der Waals surface area contributed by atoms with Crippen LogP contribution >= 0.6 is 0 Å². The van der Waals surface area contributed by atoms with Crippen LogP contribution < -0.4 is 5.32 Å². The summed E-state index contributed by atoms with van der Waals surface area (Å²) in [6, 6.07) is 12.1. The molecule has 1 heterocycles. The number of phenols is 1. The highest BCUT2D eigenvalue weighted by Crippen LogP contribution is 2.30. The van der Waals surface area contributed by atoms with Gasteiger partial charge in [0.15, 0.2) is 0 Å². The monoisotopic (exact) mass is 384 g/mol. The van der Waals surface area contributed by atoms with Gasteiger partial charge in [-0.3, -0.25) is 9.59 Å². The second kappa shape index (κ2) is 8.87. The SMILES string of the molecule is CCC1CN(C(=O)c2ccc(F)cc2)CCC1CC(=O)Nc1cccc(O)c1. The maximum Gasteiger partial charge on any atom is 0.253 e. The summed E-state index contributed by atoms with van der Waals surface area (Å²) >= 11 is 0. The van der Waals surface area contributed by atoms with Crippen molar-refractivity contribution in [3.63, 3.8) is 0 Å². The molecule has 28 heavy (non-hydrogen) atoms. The largest absolute Gasteiger partial charge is 0.508 e. The average molecular weight is 384 g/mol. The lowest BCUT2D eigenvalue weighted by Crippen LogP contribution is -2.44. The van der Waals surface area contributed by atoms with Gasteiger partial charge in [-0.05, 0) is 54.7 Å². The summed E-state index contributed by atoms with van der Waals surface area (Å²) in [7, 11) is 0. The molecule has 3 rings (SSSR count). The Morgan fingerprint density at radius 1 is 1.18 bits per heavy atom. The number of amides is 2. The number of carbonyl (C=O) groups excluding carboxylic acids is 2. The van der Waals surface area contributed by atoms with Crippen molar-refractivity contribution in [1.82, 2.24) is 4.90 Å². The number of benzene rings is 2. The van der Waals surface area contributed by atoms with Crippen LogP contribution in [-0.4, -0.2) is 34.9 Å². The minimum absolute atomic E-state index is 0.0904. The van der Waals surface area contributed by atoms with Crippen LogP contribution in [0.3, 0.4) is 0 Å². The molecule has 1 aliphatic heterocycles. The summed E-state index contributed by atoms with van der Waals surface area (Å²) in [5.41, 5.74) is 1.05. The fourth-order valence-electron chi connectivity index (χ4n) is 3.81. The second-order valence-corrected chi connectivity index (χ2v) is 7.28. The molecule has 0 spiro atoms. The number of aromatic hydroxyl groups is 1. The van der Waals surface area contributed by atoms with Gasteiger partial charge in [0.25, 0.3) is 5.91 Å². The van der Waals surface area contributed by atoms with E-state index in [1.807, 2.05) is 0 Å². The molecule has 0 radical (unpaired) electrons. The van der Waals surface area contributed by atoms with Gasteiger partial charge in [-0.25, -0.2) is 4.39 Å². The van der Waals surface area contributed by atoms with Gasteiger partial charge in [-0.2, -0.15) is 0 Å². The van der Waals surface area contributed by atoms with E-state index in [4.69, 9.17) is 0 Å². The summed E-state index contributed by atoms with van der Waals surface area (Å²) < 4.78 is 13.1. The molecule has 2 N–H and O–H groups in total. The maximum absolute atomic E-state index is 13.1. The number of nitrogens with zero attached hydrogens (tertiary/aromatic N) is 1. The van der Waals surface area contributed by atoms with Crippen LogP contribution in [0.5, 0.6) is 5.75 Å². The van der Waals surface area contributed by atoms with Crippen molar-refractivity contribution in [2.75, 3.05) is 18.4 Å². The number of hydrogen-bond acceptors (Lipinski definition) is 3. The fourth-order valence-corrected chi connectivity index (χ4v) is 3.81. The molecule has 1 aliphatic rings. The predicted octanol–water partition coefficient (Wildman–Crippen LogP) is 4.05. The molecule has 1 saturated heterocycles. The predicted molar refractivity (Wildman–Crippen MR) is 106 cm³/mol. The van der Waals surface area contributed by atoms with Crippen LogP contribution in [0.1, 0.15) is 36.5 Å². The Labute approximate surface area is 164 Å². The Balaban J connectivity index is 1.58. The average Bonchev–Trinajstić information content (AvgIpc) is 2.68. The third kappa shape index (κ3) is 4.88. The van der Waals surface area contributed by atoms with Crippen LogP contribution in [0.15, 0.2) is 48.5 Å². The highest BCUT2D eigenvalue weighted by molar-refractivity contribution is 5.94. The van der Waals surface area contributed by atoms with Crippen LogP contribution in [0.2, 0.25) is 0 Å². The number of likely N-dealkylation sites (tertiary alicyclic amines) is 1. The van der Waals surface area contributed by atoms with Crippen molar-refractivity contribution in [3.8, 4) is 5.75 Å². The standard InChI is InChI=1S/C22H25FN2O3/c1-2-15-14-25(22(28)16-6-8-18(23)9-7-16)11-10-17(15)12-21(27)24-19-4-3-5-20(26)13-19/h3-9,13,15,17,26H,2,10-12,14H2,1H3,(H,24,27). The zero-order valence-corrected chi connectivity index (χ0v) is 15.9. The van der Waals surface area contributed by atoms with E-state index >= 15 is 0 Å². The quantitative estimate of drug-likeness (QED) is 0.817. The number of carbonyl (C=O) groups is 2. The van der Waals surface area contributed by atoms with Gasteiger partial charge in [-0.15, -0.1) is 0 Å². The first kappa shape index (κ1) is 19.9. The molecular formula is C22H25FN2O3. The number of anilines is 1. The molecule has 148 valence electrons. The van der Waals surface area contributed by atoms with Crippen LogP contribution in [0.25, 0.3) is 0 Å². The van der Waals surface area contributed by atoms with Gasteiger partial charge in [0.1, 0.15) is 11.6 Å². The van der Waals surface area contributed by atoms with Gasteiger partial charge in [0.05, 0.1) is 0 Å². The molecule has 5 nitrogen and oxygen atoms in total. The second-order valence-electron chi connectivity index (χ2n) is 7.28. The lowest BCUT2D eigenvalue weighted by Gasteiger charge is -2.38. The van der Waals surface area contributed by atoms with Gasteiger partial charge in [-0.1, -0.05) is 19.4 Å². The summed E-state index contributed by atoms with van der Waals surface area (Å²) in [6.45, 7) is 3.24. The Kier molecular flexibility index (Phi) is 6.29. The molecule has 0 aromatic heterocycles. The molecule has 2 atom stereocenters. The molecule has 2 aromatic carbocycles. The lowest BCUT2D eigenvalue weighted by molar-refractivity contribution is -0.117. The third-order valence-corrected chi connectivity index (χ3v) is 5.37. The van der Waals surface area contributed by atoms with Crippen molar-refractivity contribution in [2.24, 2.45) is 11.8 Å². The van der Waals surface area contributed by atoms with E-state index in [0.717, 1.165) is 12.8 Å². The fraction of sp³-hybridized carbons (Fsp3) is 0.364. The van der Waals surface area contributed by atoms with Crippen LogP contribution in [-0.2, 0) is 4.79 Å². The first-order valence-electron chi connectivity index (χ1n) is 9.60. The smallest absolute Gasteiger partial charge is 0.253 e. The molecule has 2 aromatic rings. The summed E-state index contributed by atoms with van der Waals surface area (Å²) in [4.78, 5) is 26.9. The van der Waals surface area contributed by atoms with E-state index in [1.165, 1.54) is 30.3 Å².